The molecule has 1 heterocycles. The van der Waals surface area contributed by atoms with Gasteiger partial charge in [-0.2, -0.15) is 0 Å². The Labute approximate surface area is 112 Å². The van der Waals surface area contributed by atoms with Crippen LogP contribution in [0.2, 0.25) is 0 Å². The number of hydrogen-bond donors (Lipinski definition) is 1. The summed E-state index contributed by atoms with van der Waals surface area (Å²) >= 11 is 0. The standard InChI is InChI=1S/C15H30N2O/c1-14(2)12-16-15(8-5-4-6-9-15)13-17(14)10-7-11-18-3/h16H,4-13H2,1-3H3. The van der Waals surface area contributed by atoms with Crippen LogP contribution in [0.5, 0.6) is 0 Å². The van der Waals surface area contributed by atoms with Gasteiger partial charge in [-0.3, -0.25) is 4.90 Å². The third-order valence-corrected chi connectivity index (χ3v) is 4.83. The molecular weight excluding hydrogens is 224 g/mol. The van der Waals surface area contributed by atoms with Gasteiger partial charge in [0.25, 0.3) is 0 Å². The Hall–Kier alpha value is -0.120. The van der Waals surface area contributed by atoms with Crippen molar-refractivity contribution < 1.29 is 4.74 Å². The van der Waals surface area contributed by atoms with Gasteiger partial charge in [0.2, 0.25) is 0 Å². The predicted octanol–water partition coefficient (Wildman–Crippen LogP) is 2.41. The summed E-state index contributed by atoms with van der Waals surface area (Å²) in [7, 11) is 1.80. The van der Waals surface area contributed by atoms with Crippen molar-refractivity contribution in [2.45, 2.75) is 63.5 Å². The van der Waals surface area contributed by atoms with Gasteiger partial charge in [0.15, 0.2) is 0 Å². The minimum atomic E-state index is 0.288. The van der Waals surface area contributed by atoms with Crippen LogP contribution in [0.4, 0.5) is 0 Å². The smallest absolute Gasteiger partial charge is 0.0474 e. The molecule has 0 radical (unpaired) electrons. The third-order valence-electron chi connectivity index (χ3n) is 4.83. The first-order valence-corrected chi connectivity index (χ1v) is 7.57. The molecule has 0 unspecified atom stereocenters. The number of ether oxygens (including phenoxy) is 1. The summed E-state index contributed by atoms with van der Waals surface area (Å²) < 4.78 is 5.20. The van der Waals surface area contributed by atoms with Gasteiger partial charge in [-0.05, 0) is 33.1 Å². The minimum absolute atomic E-state index is 0.288. The lowest BCUT2D eigenvalue weighted by Crippen LogP contribution is -2.68. The summed E-state index contributed by atoms with van der Waals surface area (Å²) in [5, 5.41) is 3.87. The number of hydrogen-bond acceptors (Lipinski definition) is 3. The molecular formula is C15H30N2O. The van der Waals surface area contributed by atoms with E-state index in [1.165, 1.54) is 45.2 Å². The summed E-state index contributed by atoms with van der Waals surface area (Å²) in [5.74, 6) is 0. The molecule has 1 saturated carbocycles. The molecule has 0 atom stereocenters. The molecule has 0 aromatic carbocycles. The van der Waals surface area contributed by atoms with E-state index in [1.54, 1.807) is 7.11 Å². The topological polar surface area (TPSA) is 24.5 Å². The maximum absolute atomic E-state index is 5.20. The molecule has 18 heavy (non-hydrogen) atoms. The highest BCUT2D eigenvalue weighted by atomic mass is 16.5. The van der Waals surface area contributed by atoms with Crippen molar-refractivity contribution in [1.82, 2.24) is 10.2 Å². The number of piperazine rings is 1. The first kappa shape index (κ1) is 14.3. The summed E-state index contributed by atoms with van der Waals surface area (Å²) in [6.45, 7) is 9.13. The molecule has 0 amide bonds. The molecule has 1 spiro atoms. The molecule has 106 valence electrons. The van der Waals surface area contributed by atoms with Gasteiger partial charge in [0.1, 0.15) is 0 Å². The molecule has 2 fully saturated rings. The van der Waals surface area contributed by atoms with Gasteiger partial charge in [-0.1, -0.05) is 19.3 Å². The fraction of sp³-hybridized carbons (Fsp3) is 1.00. The minimum Gasteiger partial charge on any atom is -0.385 e. The molecule has 0 aromatic heterocycles. The van der Waals surface area contributed by atoms with Crippen LogP contribution in [0, 0.1) is 0 Å². The van der Waals surface area contributed by atoms with Gasteiger partial charge >= 0.3 is 0 Å². The zero-order chi connectivity index (χ0) is 13.1. The fourth-order valence-corrected chi connectivity index (χ4v) is 3.50. The van der Waals surface area contributed by atoms with Gasteiger partial charge in [-0.25, -0.2) is 0 Å². The summed E-state index contributed by atoms with van der Waals surface area (Å²) in [4.78, 5) is 2.69. The molecule has 1 aliphatic carbocycles. The zero-order valence-corrected chi connectivity index (χ0v) is 12.4. The van der Waals surface area contributed by atoms with Crippen molar-refractivity contribution in [2.24, 2.45) is 0 Å². The van der Waals surface area contributed by atoms with Crippen molar-refractivity contribution in [1.29, 1.82) is 0 Å². The van der Waals surface area contributed by atoms with Crippen molar-refractivity contribution in [2.75, 3.05) is 33.4 Å². The van der Waals surface area contributed by atoms with Gasteiger partial charge < -0.3 is 10.1 Å². The summed E-state index contributed by atoms with van der Waals surface area (Å²) in [5.41, 5.74) is 0.706. The Balaban J connectivity index is 1.95. The van der Waals surface area contributed by atoms with Crippen LogP contribution >= 0.6 is 0 Å². The second-order valence-electron chi connectivity index (χ2n) is 6.77. The SMILES string of the molecule is COCCCN1CC2(CCCCC2)NCC1(C)C. The maximum Gasteiger partial charge on any atom is 0.0474 e. The second-order valence-corrected chi connectivity index (χ2v) is 6.77. The lowest BCUT2D eigenvalue weighted by atomic mass is 9.77. The van der Waals surface area contributed by atoms with Crippen molar-refractivity contribution in [3.63, 3.8) is 0 Å². The van der Waals surface area contributed by atoms with E-state index in [9.17, 15) is 0 Å². The van der Waals surface area contributed by atoms with E-state index in [1.807, 2.05) is 0 Å². The fourth-order valence-electron chi connectivity index (χ4n) is 3.50. The predicted molar refractivity (Wildman–Crippen MR) is 76.0 cm³/mol. The van der Waals surface area contributed by atoms with Crippen LogP contribution in [0.15, 0.2) is 0 Å². The molecule has 0 bridgehead atoms. The highest BCUT2D eigenvalue weighted by molar-refractivity contribution is 5.02. The summed E-state index contributed by atoms with van der Waals surface area (Å²) in [6.07, 6.45) is 8.11. The number of methoxy groups -OCH3 is 1. The zero-order valence-electron chi connectivity index (χ0n) is 12.4. The average Bonchev–Trinajstić information content (AvgIpc) is 2.36. The van der Waals surface area contributed by atoms with E-state index in [-0.39, 0.29) is 5.54 Å². The summed E-state index contributed by atoms with van der Waals surface area (Å²) in [6, 6.07) is 0. The lowest BCUT2D eigenvalue weighted by molar-refractivity contribution is 0.00608. The molecule has 1 saturated heterocycles. The van der Waals surface area contributed by atoms with E-state index >= 15 is 0 Å². The van der Waals surface area contributed by atoms with Gasteiger partial charge in [0, 0.05) is 44.4 Å². The highest BCUT2D eigenvalue weighted by Gasteiger charge is 2.42. The van der Waals surface area contributed by atoms with E-state index in [0.29, 0.717) is 5.54 Å². The van der Waals surface area contributed by atoms with Crippen molar-refractivity contribution in [3.8, 4) is 0 Å². The van der Waals surface area contributed by atoms with Crippen LogP contribution in [-0.2, 0) is 4.74 Å². The molecule has 0 aromatic rings. The lowest BCUT2D eigenvalue weighted by Gasteiger charge is -2.53. The van der Waals surface area contributed by atoms with E-state index in [0.717, 1.165) is 19.6 Å². The second kappa shape index (κ2) is 5.89. The molecule has 1 N–H and O–H groups in total. The van der Waals surface area contributed by atoms with Crippen molar-refractivity contribution in [3.05, 3.63) is 0 Å². The van der Waals surface area contributed by atoms with Crippen LogP contribution in [0.25, 0.3) is 0 Å². The van der Waals surface area contributed by atoms with Crippen molar-refractivity contribution >= 4 is 0 Å². The Morgan fingerprint density at radius 2 is 1.89 bits per heavy atom. The molecule has 1 aliphatic heterocycles. The number of rotatable bonds is 4. The Kier molecular flexibility index (Phi) is 4.68. The highest BCUT2D eigenvalue weighted by Crippen LogP contribution is 2.34. The van der Waals surface area contributed by atoms with Crippen LogP contribution in [0.3, 0.4) is 0 Å². The van der Waals surface area contributed by atoms with Crippen LogP contribution in [-0.4, -0.2) is 49.3 Å². The average molecular weight is 254 g/mol. The van der Waals surface area contributed by atoms with Crippen LogP contribution in [0.1, 0.15) is 52.4 Å². The van der Waals surface area contributed by atoms with E-state index < -0.39 is 0 Å². The molecule has 3 nitrogen and oxygen atoms in total. The van der Waals surface area contributed by atoms with Crippen LogP contribution < -0.4 is 5.32 Å². The first-order valence-electron chi connectivity index (χ1n) is 7.57. The molecule has 3 heteroatoms. The normalized spacial score (nSPS) is 27.5. The Morgan fingerprint density at radius 1 is 1.17 bits per heavy atom. The van der Waals surface area contributed by atoms with E-state index in [4.69, 9.17) is 4.74 Å². The van der Waals surface area contributed by atoms with E-state index in [2.05, 4.69) is 24.1 Å². The largest absolute Gasteiger partial charge is 0.385 e. The van der Waals surface area contributed by atoms with Gasteiger partial charge in [0.05, 0.1) is 0 Å². The Morgan fingerprint density at radius 3 is 2.56 bits per heavy atom. The number of nitrogens with one attached hydrogen (secondary N) is 1. The molecule has 2 aliphatic rings. The first-order chi connectivity index (χ1) is 8.58. The monoisotopic (exact) mass is 254 g/mol. The van der Waals surface area contributed by atoms with Gasteiger partial charge in [-0.15, -0.1) is 0 Å². The Bertz CT molecular complexity index is 259. The quantitative estimate of drug-likeness (QED) is 0.780. The maximum atomic E-state index is 5.20. The molecule has 2 rings (SSSR count). The number of nitrogens with zero attached hydrogens (tertiary/aromatic N) is 1. The third kappa shape index (κ3) is 3.25.